The van der Waals surface area contributed by atoms with Crippen LogP contribution in [0.15, 0.2) is 40.9 Å². The molecular formula is C19H24BrNO4. The zero-order valence-corrected chi connectivity index (χ0v) is 15.9. The smallest absolute Gasteiger partial charge is 0.328 e. The first kappa shape index (κ1) is 19.7. The van der Waals surface area contributed by atoms with E-state index in [0.717, 1.165) is 17.8 Å². The second-order valence-corrected chi connectivity index (χ2v) is 7.66. The van der Waals surface area contributed by atoms with E-state index in [2.05, 4.69) is 52.1 Å². The van der Waals surface area contributed by atoms with E-state index in [4.69, 9.17) is 10.2 Å². The highest BCUT2D eigenvalue weighted by atomic mass is 79.9. The fourth-order valence-corrected chi connectivity index (χ4v) is 4.23. The standard InChI is InChI=1S/C15H20BrN.C4H4O4/c1-17-9-12-3-2-4-14(15(12)10-17)11-5-7-13(16)8-6-11;5-3(6)1-2-4(7)8/h5-8,12,14-15H,2-4,9-10H2,1H3;1-2H,(H,5,6)(H,7,8)/b;2-1+/t12-,14-,15+;/m0./s1. The first-order valence-electron chi connectivity index (χ1n) is 8.44. The minimum Gasteiger partial charge on any atom is -0.478 e. The molecule has 2 aliphatic rings. The minimum atomic E-state index is -1.26. The van der Waals surface area contributed by atoms with Crippen molar-refractivity contribution < 1.29 is 19.8 Å². The van der Waals surface area contributed by atoms with Crippen molar-refractivity contribution in [2.45, 2.75) is 25.2 Å². The Hall–Kier alpha value is -1.66. The van der Waals surface area contributed by atoms with Gasteiger partial charge in [0.15, 0.2) is 0 Å². The van der Waals surface area contributed by atoms with Crippen molar-refractivity contribution in [3.63, 3.8) is 0 Å². The van der Waals surface area contributed by atoms with Gasteiger partial charge in [0.25, 0.3) is 0 Å². The Labute approximate surface area is 156 Å². The Morgan fingerprint density at radius 1 is 1.08 bits per heavy atom. The Kier molecular flexibility index (Phi) is 7.20. The van der Waals surface area contributed by atoms with Crippen molar-refractivity contribution in [2.75, 3.05) is 20.1 Å². The number of carbonyl (C=O) groups is 2. The molecule has 0 bridgehead atoms. The number of halogens is 1. The second kappa shape index (κ2) is 9.15. The topological polar surface area (TPSA) is 77.8 Å². The summed E-state index contributed by atoms with van der Waals surface area (Å²) in [5, 5.41) is 15.6. The number of hydrogen-bond donors (Lipinski definition) is 2. The molecule has 1 saturated carbocycles. The van der Waals surface area contributed by atoms with Gasteiger partial charge in [-0.25, -0.2) is 9.59 Å². The third-order valence-corrected chi connectivity index (χ3v) is 5.48. The molecule has 3 atom stereocenters. The zero-order chi connectivity index (χ0) is 18.4. The molecule has 0 spiro atoms. The maximum absolute atomic E-state index is 9.55. The lowest BCUT2D eigenvalue weighted by Gasteiger charge is -2.33. The van der Waals surface area contributed by atoms with E-state index >= 15 is 0 Å². The fraction of sp³-hybridized carbons (Fsp3) is 0.474. The fourth-order valence-electron chi connectivity index (χ4n) is 3.96. The summed E-state index contributed by atoms with van der Waals surface area (Å²) in [5.41, 5.74) is 1.55. The first-order chi connectivity index (χ1) is 11.9. The second-order valence-electron chi connectivity index (χ2n) is 6.74. The molecular weight excluding hydrogens is 386 g/mol. The summed E-state index contributed by atoms with van der Waals surface area (Å²) >= 11 is 3.53. The number of fused-ring (bicyclic) bond motifs is 1. The lowest BCUT2D eigenvalue weighted by Crippen LogP contribution is -2.25. The van der Waals surface area contributed by atoms with Crippen LogP contribution in [0.25, 0.3) is 0 Å². The van der Waals surface area contributed by atoms with Crippen molar-refractivity contribution in [2.24, 2.45) is 11.8 Å². The molecule has 0 aromatic heterocycles. The van der Waals surface area contributed by atoms with Crippen LogP contribution in [-0.2, 0) is 9.59 Å². The van der Waals surface area contributed by atoms with Crippen LogP contribution in [-0.4, -0.2) is 47.2 Å². The SMILES string of the molecule is CN1C[C@@H]2CCC[C@@H](c3ccc(Br)cc3)[C@@H]2C1.O=C(O)/C=C/C(=O)O. The summed E-state index contributed by atoms with van der Waals surface area (Å²) in [5.74, 6) is 0.129. The Morgan fingerprint density at radius 3 is 2.24 bits per heavy atom. The van der Waals surface area contributed by atoms with Crippen molar-refractivity contribution in [3.05, 3.63) is 46.5 Å². The molecule has 1 aliphatic heterocycles. The Balaban J connectivity index is 0.000000242. The van der Waals surface area contributed by atoms with Gasteiger partial charge >= 0.3 is 11.9 Å². The zero-order valence-electron chi connectivity index (χ0n) is 14.3. The van der Waals surface area contributed by atoms with Gasteiger partial charge in [-0.2, -0.15) is 0 Å². The normalized spacial score (nSPS) is 25.9. The van der Waals surface area contributed by atoms with E-state index in [9.17, 15) is 9.59 Å². The molecule has 5 nitrogen and oxygen atoms in total. The van der Waals surface area contributed by atoms with Gasteiger partial charge in [-0.3, -0.25) is 0 Å². The van der Waals surface area contributed by atoms with Gasteiger partial charge in [0.2, 0.25) is 0 Å². The minimum absolute atomic E-state index is 0.558. The predicted molar refractivity (Wildman–Crippen MR) is 99.6 cm³/mol. The Bertz CT molecular complexity index is 613. The highest BCUT2D eigenvalue weighted by Crippen LogP contribution is 2.44. The number of benzene rings is 1. The molecule has 2 N–H and O–H groups in total. The number of likely N-dealkylation sites (tertiary alicyclic amines) is 1. The van der Waals surface area contributed by atoms with E-state index in [1.165, 1.54) is 36.8 Å². The number of nitrogens with zero attached hydrogens (tertiary/aromatic N) is 1. The van der Waals surface area contributed by atoms with Crippen LogP contribution in [0.3, 0.4) is 0 Å². The van der Waals surface area contributed by atoms with Crippen LogP contribution < -0.4 is 0 Å². The van der Waals surface area contributed by atoms with Crippen LogP contribution in [0.4, 0.5) is 0 Å². The summed E-state index contributed by atoms with van der Waals surface area (Å²) in [6.45, 7) is 2.61. The van der Waals surface area contributed by atoms with Crippen molar-refractivity contribution in [1.29, 1.82) is 0 Å². The third kappa shape index (κ3) is 5.97. The van der Waals surface area contributed by atoms with Crippen LogP contribution >= 0.6 is 15.9 Å². The number of aliphatic carboxylic acids is 2. The number of hydrogen-bond acceptors (Lipinski definition) is 3. The van der Waals surface area contributed by atoms with Gasteiger partial charge in [0, 0.05) is 29.7 Å². The van der Waals surface area contributed by atoms with Crippen LogP contribution in [0.1, 0.15) is 30.7 Å². The highest BCUT2D eigenvalue weighted by Gasteiger charge is 2.39. The van der Waals surface area contributed by atoms with E-state index in [0.29, 0.717) is 12.2 Å². The van der Waals surface area contributed by atoms with E-state index in [1.54, 1.807) is 5.56 Å². The summed E-state index contributed by atoms with van der Waals surface area (Å²) in [6, 6.07) is 9.01. The van der Waals surface area contributed by atoms with Gasteiger partial charge in [-0.05, 0) is 55.3 Å². The molecule has 3 rings (SSSR count). The molecule has 1 aliphatic carbocycles. The van der Waals surface area contributed by atoms with Gasteiger partial charge in [-0.15, -0.1) is 0 Å². The average molecular weight is 410 g/mol. The molecule has 1 aromatic carbocycles. The Morgan fingerprint density at radius 2 is 1.68 bits per heavy atom. The van der Waals surface area contributed by atoms with Crippen molar-refractivity contribution >= 4 is 27.9 Å². The van der Waals surface area contributed by atoms with Crippen LogP contribution in [0.2, 0.25) is 0 Å². The van der Waals surface area contributed by atoms with Gasteiger partial charge in [0.1, 0.15) is 0 Å². The molecule has 1 saturated heterocycles. The molecule has 0 unspecified atom stereocenters. The monoisotopic (exact) mass is 409 g/mol. The summed E-state index contributed by atoms with van der Waals surface area (Å²) in [4.78, 5) is 21.6. The van der Waals surface area contributed by atoms with Gasteiger partial charge < -0.3 is 15.1 Å². The quantitative estimate of drug-likeness (QED) is 0.745. The molecule has 6 heteroatoms. The summed E-state index contributed by atoms with van der Waals surface area (Å²) in [6.07, 6.45) is 5.36. The molecule has 1 aromatic rings. The largest absolute Gasteiger partial charge is 0.478 e. The van der Waals surface area contributed by atoms with Crippen molar-refractivity contribution in [1.82, 2.24) is 4.90 Å². The van der Waals surface area contributed by atoms with E-state index < -0.39 is 11.9 Å². The number of rotatable bonds is 3. The van der Waals surface area contributed by atoms with Crippen molar-refractivity contribution in [3.8, 4) is 0 Å². The molecule has 0 radical (unpaired) electrons. The molecule has 1 heterocycles. The van der Waals surface area contributed by atoms with Crippen LogP contribution in [0.5, 0.6) is 0 Å². The first-order valence-corrected chi connectivity index (χ1v) is 9.24. The molecule has 136 valence electrons. The van der Waals surface area contributed by atoms with Crippen LogP contribution in [0, 0.1) is 11.8 Å². The predicted octanol–water partition coefficient (Wildman–Crippen LogP) is 3.61. The van der Waals surface area contributed by atoms with Gasteiger partial charge in [0.05, 0.1) is 0 Å². The highest BCUT2D eigenvalue weighted by molar-refractivity contribution is 9.10. The average Bonchev–Trinajstić information content (AvgIpc) is 2.94. The van der Waals surface area contributed by atoms with E-state index in [-0.39, 0.29) is 0 Å². The lowest BCUT2D eigenvalue weighted by atomic mass is 9.71. The number of carboxylic acids is 2. The number of carboxylic acid groups (broad SMARTS) is 2. The molecule has 25 heavy (non-hydrogen) atoms. The van der Waals surface area contributed by atoms with Gasteiger partial charge in [-0.1, -0.05) is 34.5 Å². The maximum Gasteiger partial charge on any atom is 0.328 e. The maximum atomic E-state index is 9.55. The molecule has 0 amide bonds. The molecule has 2 fully saturated rings. The summed E-state index contributed by atoms with van der Waals surface area (Å²) in [7, 11) is 2.27. The van der Waals surface area contributed by atoms with E-state index in [1.807, 2.05) is 0 Å². The lowest BCUT2D eigenvalue weighted by molar-refractivity contribution is -0.134. The summed E-state index contributed by atoms with van der Waals surface area (Å²) < 4.78 is 1.19. The third-order valence-electron chi connectivity index (χ3n) is 4.95.